The van der Waals surface area contributed by atoms with Crippen LogP contribution in [0.25, 0.3) is 0 Å². The highest BCUT2D eigenvalue weighted by Crippen LogP contribution is 2.11. The van der Waals surface area contributed by atoms with Gasteiger partial charge in [-0.15, -0.1) is 0 Å². The molecule has 0 aromatic heterocycles. The van der Waals surface area contributed by atoms with Gasteiger partial charge in [0, 0.05) is 18.7 Å². The highest BCUT2D eigenvalue weighted by Gasteiger charge is 2.20. The minimum atomic E-state index is -0.879. The molecule has 0 saturated carbocycles. The van der Waals surface area contributed by atoms with Gasteiger partial charge in [0.05, 0.1) is 5.92 Å². The van der Waals surface area contributed by atoms with Crippen LogP contribution in [0.3, 0.4) is 0 Å². The zero-order valence-corrected chi connectivity index (χ0v) is 13.1. The zero-order valence-electron chi connectivity index (χ0n) is 13.1. The Labute approximate surface area is 126 Å². The molecule has 0 bridgehead atoms. The van der Waals surface area contributed by atoms with Gasteiger partial charge in [0.2, 0.25) is 0 Å². The Balaban J connectivity index is 2.73. The van der Waals surface area contributed by atoms with Crippen molar-refractivity contribution in [1.29, 1.82) is 0 Å². The SMILES string of the molecule is CCCCc1ccc(C(=O)N(CC)CC(C)C(=O)O)cc1. The molecule has 0 aliphatic rings. The molecule has 0 radical (unpaired) electrons. The lowest BCUT2D eigenvalue weighted by Crippen LogP contribution is -2.36. The first kappa shape index (κ1) is 17.2. The lowest BCUT2D eigenvalue weighted by Gasteiger charge is -2.23. The Morgan fingerprint density at radius 3 is 2.29 bits per heavy atom. The van der Waals surface area contributed by atoms with Crippen LogP contribution in [0.2, 0.25) is 0 Å². The number of aryl methyl sites for hydroxylation is 1. The van der Waals surface area contributed by atoms with Crippen LogP contribution in [0.5, 0.6) is 0 Å². The molecule has 1 rings (SSSR count). The summed E-state index contributed by atoms with van der Waals surface area (Å²) in [7, 11) is 0. The van der Waals surface area contributed by atoms with Gasteiger partial charge in [0.1, 0.15) is 0 Å². The molecule has 0 spiro atoms. The molecule has 1 aromatic carbocycles. The van der Waals surface area contributed by atoms with E-state index in [1.54, 1.807) is 11.8 Å². The molecule has 116 valence electrons. The second-order valence-electron chi connectivity index (χ2n) is 5.38. The zero-order chi connectivity index (χ0) is 15.8. The van der Waals surface area contributed by atoms with E-state index in [4.69, 9.17) is 5.11 Å². The van der Waals surface area contributed by atoms with E-state index in [-0.39, 0.29) is 12.5 Å². The molecule has 1 N–H and O–H groups in total. The van der Waals surface area contributed by atoms with Crippen molar-refractivity contribution < 1.29 is 14.7 Å². The summed E-state index contributed by atoms with van der Waals surface area (Å²) < 4.78 is 0. The molecule has 4 heteroatoms. The molecule has 0 fully saturated rings. The Hall–Kier alpha value is -1.84. The lowest BCUT2D eigenvalue weighted by atomic mass is 10.1. The summed E-state index contributed by atoms with van der Waals surface area (Å²) in [6.45, 7) is 6.38. The molecular formula is C17H25NO3. The highest BCUT2D eigenvalue weighted by molar-refractivity contribution is 5.94. The largest absolute Gasteiger partial charge is 0.481 e. The molecule has 0 aliphatic carbocycles. The summed E-state index contributed by atoms with van der Waals surface area (Å²) in [6.07, 6.45) is 3.32. The first-order valence-corrected chi connectivity index (χ1v) is 7.60. The number of unbranched alkanes of at least 4 members (excludes halogenated alkanes) is 1. The van der Waals surface area contributed by atoms with Gasteiger partial charge >= 0.3 is 5.97 Å². The molecule has 1 atom stereocenters. The molecule has 1 unspecified atom stereocenters. The summed E-state index contributed by atoms with van der Waals surface area (Å²) >= 11 is 0. The Bertz CT molecular complexity index is 467. The minimum absolute atomic E-state index is 0.104. The van der Waals surface area contributed by atoms with Crippen LogP contribution in [-0.2, 0) is 11.2 Å². The van der Waals surface area contributed by atoms with Gasteiger partial charge in [0.15, 0.2) is 0 Å². The number of hydrogen-bond donors (Lipinski definition) is 1. The van der Waals surface area contributed by atoms with Crippen molar-refractivity contribution in [3.8, 4) is 0 Å². The fourth-order valence-electron chi connectivity index (χ4n) is 2.14. The van der Waals surface area contributed by atoms with Crippen molar-refractivity contribution in [3.63, 3.8) is 0 Å². The third-order valence-electron chi connectivity index (χ3n) is 3.60. The van der Waals surface area contributed by atoms with Crippen molar-refractivity contribution in [2.75, 3.05) is 13.1 Å². The summed E-state index contributed by atoms with van der Waals surface area (Å²) in [5.41, 5.74) is 1.85. The van der Waals surface area contributed by atoms with E-state index in [2.05, 4.69) is 6.92 Å². The highest BCUT2D eigenvalue weighted by atomic mass is 16.4. The summed E-state index contributed by atoms with van der Waals surface area (Å²) in [5, 5.41) is 8.96. The topological polar surface area (TPSA) is 57.6 Å². The number of benzene rings is 1. The monoisotopic (exact) mass is 291 g/mol. The van der Waals surface area contributed by atoms with Crippen molar-refractivity contribution in [2.24, 2.45) is 5.92 Å². The molecular weight excluding hydrogens is 266 g/mol. The third kappa shape index (κ3) is 5.21. The fraction of sp³-hybridized carbons (Fsp3) is 0.529. The maximum absolute atomic E-state index is 12.4. The predicted octanol–water partition coefficient (Wildman–Crippen LogP) is 3.21. The van der Waals surface area contributed by atoms with Crippen molar-refractivity contribution in [2.45, 2.75) is 40.0 Å². The second kappa shape index (κ2) is 8.45. The van der Waals surface area contributed by atoms with Crippen LogP contribution < -0.4 is 0 Å². The van der Waals surface area contributed by atoms with E-state index in [9.17, 15) is 9.59 Å². The van der Waals surface area contributed by atoms with Gasteiger partial charge in [-0.2, -0.15) is 0 Å². The average molecular weight is 291 g/mol. The van der Waals surface area contributed by atoms with Gasteiger partial charge in [-0.05, 0) is 37.5 Å². The van der Waals surface area contributed by atoms with E-state index < -0.39 is 11.9 Å². The predicted molar refractivity (Wildman–Crippen MR) is 83.4 cm³/mol. The van der Waals surface area contributed by atoms with Crippen molar-refractivity contribution >= 4 is 11.9 Å². The van der Waals surface area contributed by atoms with E-state index in [0.29, 0.717) is 12.1 Å². The Morgan fingerprint density at radius 2 is 1.81 bits per heavy atom. The summed E-state index contributed by atoms with van der Waals surface area (Å²) in [4.78, 5) is 24.9. The number of carbonyl (C=O) groups excluding carboxylic acids is 1. The lowest BCUT2D eigenvalue weighted by molar-refractivity contribution is -0.141. The fourth-order valence-corrected chi connectivity index (χ4v) is 2.14. The summed E-state index contributed by atoms with van der Waals surface area (Å²) in [5.74, 6) is -1.54. The maximum Gasteiger partial charge on any atom is 0.308 e. The van der Waals surface area contributed by atoms with Gasteiger partial charge in [0.25, 0.3) is 5.91 Å². The van der Waals surface area contributed by atoms with E-state index in [1.165, 1.54) is 5.56 Å². The molecule has 4 nitrogen and oxygen atoms in total. The van der Waals surface area contributed by atoms with Crippen LogP contribution in [0.4, 0.5) is 0 Å². The number of carbonyl (C=O) groups is 2. The number of aliphatic carboxylic acids is 1. The number of carboxylic acid groups (broad SMARTS) is 1. The molecule has 0 aliphatic heterocycles. The first-order chi connectivity index (χ1) is 9.99. The van der Waals surface area contributed by atoms with Crippen LogP contribution in [0, 0.1) is 5.92 Å². The van der Waals surface area contributed by atoms with Crippen molar-refractivity contribution in [3.05, 3.63) is 35.4 Å². The first-order valence-electron chi connectivity index (χ1n) is 7.60. The van der Waals surface area contributed by atoms with E-state index in [1.807, 2.05) is 31.2 Å². The number of rotatable bonds is 8. The van der Waals surface area contributed by atoms with Crippen LogP contribution in [0.15, 0.2) is 24.3 Å². The molecule has 1 amide bonds. The minimum Gasteiger partial charge on any atom is -0.481 e. The quantitative estimate of drug-likeness (QED) is 0.800. The smallest absolute Gasteiger partial charge is 0.308 e. The second-order valence-corrected chi connectivity index (χ2v) is 5.38. The van der Waals surface area contributed by atoms with Crippen molar-refractivity contribution in [1.82, 2.24) is 4.90 Å². The number of hydrogen-bond acceptors (Lipinski definition) is 2. The normalized spacial score (nSPS) is 12.0. The van der Waals surface area contributed by atoms with Gasteiger partial charge in [-0.25, -0.2) is 0 Å². The summed E-state index contributed by atoms with van der Waals surface area (Å²) in [6, 6.07) is 7.64. The number of carboxylic acids is 1. The number of nitrogens with zero attached hydrogens (tertiary/aromatic N) is 1. The molecule has 1 aromatic rings. The van der Waals surface area contributed by atoms with Crippen LogP contribution in [-0.4, -0.2) is 35.0 Å². The molecule has 0 heterocycles. The van der Waals surface area contributed by atoms with Crippen LogP contribution in [0.1, 0.15) is 49.5 Å². The molecule has 0 saturated heterocycles. The maximum atomic E-state index is 12.4. The third-order valence-corrected chi connectivity index (χ3v) is 3.60. The Kier molecular flexibility index (Phi) is 6.92. The van der Waals surface area contributed by atoms with Gasteiger partial charge in [-0.1, -0.05) is 32.4 Å². The standard InChI is InChI=1S/C17H25NO3/c1-4-6-7-14-8-10-15(11-9-14)16(19)18(5-2)12-13(3)17(20)21/h8-11,13H,4-7,12H2,1-3H3,(H,20,21). The van der Waals surface area contributed by atoms with Crippen LogP contribution >= 0.6 is 0 Å². The van der Waals surface area contributed by atoms with E-state index in [0.717, 1.165) is 19.3 Å². The average Bonchev–Trinajstić information content (AvgIpc) is 2.50. The van der Waals surface area contributed by atoms with E-state index >= 15 is 0 Å². The van der Waals surface area contributed by atoms with Gasteiger partial charge < -0.3 is 10.0 Å². The number of amides is 1. The Morgan fingerprint density at radius 1 is 1.19 bits per heavy atom. The van der Waals surface area contributed by atoms with Gasteiger partial charge in [-0.3, -0.25) is 9.59 Å². The molecule has 21 heavy (non-hydrogen) atoms.